The van der Waals surface area contributed by atoms with Crippen LogP contribution in [0.3, 0.4) is 0 Å². The first-order chi connectivity index (χ1) is 16.2. The Morgan fingerprint density at radius 2 is 1.91 bits per heavy atom. The summed E-state index contributed by atoms with van der Waals surface area (Å²) in [4.78, 5) is 27.9. The number of aromatic nitrogens is 3. The number of hydrogen-bond acceptors (Lipinski definition) is 7. The highest BCUT2D eigenvalue weighted by molar-refractivity contribution is 7.14. The number of aromatic hydroxyl groups is 1. The highest BCUT2D eigenvalue weighted by atomic mass is 32.1. The lowest BCUT2D eigenvalue weighted by atomic mass is 10.0. The van der Waals surface area contributed by atoms with Crippen LogP contribution in [0.25, 0.3) is 10.6 Å². The van der Waals surface area contributed by atoms with Gasteiger partial charge in [0.2, 0.25) is 5.43 Å². The number of pyridine rings is 1. The fraction of sp³-hybridized carbons (Fsp3) is 0.417. The van der Waals surface area contributed by atoms with Crippen LogP contribution in [0, 0.1) is 5.82 Å². The van der Waals surface area contributed by atoms with Crippen LogP contribution in [0.1, 0.15) is 54.8 Å². The Morgan fingerprint density at radius 3 is 2.56 bits per heavy atom. The van der Waals surface area contributed by atoms with Crippen LogP contribution >= 0.6 is 11.3 Å². The van der Waals surface area contributed by atoms with Crippen molar-refractivity contribution < 1.29 is 19.0 Å². The third-order valence-corrected chi connectivity index (χ3v) is 6.93. The lowest BCUT2D eigenvalue weighted by Crippen LogP contribution is -2.50. The summed E-state index contributed by atoms with van der Waals surface area (Å²) < 4.78 is 20.7. The molecule has 2 atom stereocenters. The highest BCUT2D eigenvalue weighted by Gasteiger charge is 2.38. The third-order valence-electron chi connectivity index (χ3n) is 5.98. The van der Waals surface area contributed by atoms with E-state index in [2.05, 4.69) is 10.2 Å². The van der Waals surface area contributed by atoms with Gasteiger partial charge < -0.3 is 19.3 Å². The Balaban J connectivity index is 1.76. The summed E-state index contributed by atoms with van der Waals surface area (Å²) in [7, 11) is 0. The number of amides is 1. The van der Waals surface area contributed by atoms with Crippen LogP contribution < -0.4 is 5.43 Å². The van der Waals surface area contributed by atoms with Gasteiger partial charge in [-0.1, -0.05) is 23.5 Å². The molecular weight excluding hydrogens is 459 g/mol. The largest absolute Gasteiger partial charge is 0.503 e. The first-order valence-electron chi connectivity index (χ1n) is 11.2. The fourth-order valence-corrected chi connectivity index (χ4v) is 5.04. The zero-order chi connectivity index (χ0) is 24.6. The summed E-state index contributed by atoms with van der Waals surface area (Å²) in [6.45, 7) is 8.46. The molecule has 34 heavy (non-hydrogen) atoms. The van der Waals surface area contributed by atoms with Crippen molar-refractivity contribution in [3.63, 3.8) is 0 Å². The van der Waals surface area contributed by atoms with Gasteiger partial charge in [0, 0.05) is 31.8 Å². The molecule has 8 nitrogen and oxygen atoms in total. The van der Waals surface area contributed by atoms with E-state index in [1.807, 2.05) is 27.7 Å². The van der Waals surface area contributed by atoms with E-state index in [-0.39, 0.29) is 35.3 Å². The Hall–Kier alpha value is -3.11. The molecule has 3 heterocycles. The standard InChI is InChI=1S/C24H27FN4O4S/c1-5-33-14(4)18-12-28(13(2)3)24(32)20-22(31)21(30)17(11-29(18)20)23-27-26-19(34-23)10-15-6-8-16(25)9-7-15/h6-9,11,13-14,18,31H,5,10,12H2,1-4H3/t14-,18-/m1/s1. The second-order valence-electron chi connectivity index (χ2n) is 8.56. The Labute approximate surface area is 200 Å². The first-order valence-corrected chi connectivity index (χ1v) is 12.0. The molecule has 0 bridgehead atoms. The van der Waals surface area contributed by atoms with Crippen molar-refractivity contribution in [2.45, 2.75) is 52.3 Å². The van der Waals surface area contributed by atoms with Crippen molar-refractivity contribution in [1.29, 1.82) is 0 Å². The van der Waals surface area contributed by atoms with Gasteiger partial charge in [0.25, 0.3) is 5.91 Å². The Morgan fingerprint density at radius 1 is 1.21 bits per heavy atom. The maximum Gasteiger partial charge on any atom is 0.274 e. The lowest BCUT2D eigenvalue weighted by molar-refractivity contribution is 0.00998. The van der Waals surface area contributed by atoms with E-state index >= 15 is 0 Å². The Kier molecular flexibility index (Phi) is 6.81. The monoisotopic (exact) mass is 486 g/mol. The summed E-state index contributed by atoms with van der Waals surface area (Å²) in [5, 5.41) is 20.2. The van der Waals surface area contributed by atoms with Crippen LogP contribution in [-0.4, -0.2) is 56.0 Å². The molecule has 1 N–H and O–H groups in total. The van der Waals surface area contributed by atoms with Gasteiger partial charge in [-0.3, -0.25) is 9.59 Å². The fourth-order valence-electron chi connectivity index (χ4n) is 4.16. The molecule has 0 fully saturated rings. The number of hydrogen-bond donors (Lipinski definition) is 1. The number of carbonyl (C=O) groups excluding carboxylic acids is 1. The molecule has 0 spiro atoms. The van der Waals surface area contributed by atoms with E-state index in [4.69, 9.17) is 4.74 Å². The summed E-state index contributed by atoms with van der Waals surface area (Å²) in [6, 6.07) is 5.68. The number of halogens is 1. The predicted molar refractivity (Wildman–Crippen MR) is 127 cm³/mol. The molecule has 0 aliphatic carbocycles. The van der Waals surface area contributed by atoms with Gasteiger partial charge in [0.15, 0.2) is 16.5 Å². The molecule has 10 heteroatoms. The minimum atomic E-state index is -0.669. The second kappa shape index (κ2) is 9.63. The molecule has 0 saturated carbocycles. The number of carbonyl (C=O) groups is 1. The molecule has 1 amide bonds. The Bertz CT molecular complexity index is 1250. The number of benzene rings is 1. The van der Waals surface area contributed by atoms with Crippen LogP contribution in [0.5, 0.6) is 5.75 Å². The van der Waals surface area contributed by atoms with E-state index in [0.29, 0.717) is 29.6 Å². The van der Waals surface area contributed by atoms with Crippen LogP contribution in [0.15, 0.2) is 35.3 Å². The van der Waals surface area contributed by atoms with Gasteiger partial charge >= 0.3 is 0 Å². The van der Waals surface area contributed by atoms with Crippen molar-refractivity contribution in [3.05, 3.63) is 62.8 Å². The van der Waals surface area contributed by atoms with Crippen molar-refractivity contribution in [1.82, 2.24) is 19.7 Å². The molecule has 1 aromatic carbocycles. The van der Waals surface area contributed by atoms with Crippen LogP contribution in [0.2, 0.25) is 0 Å². The van der Waals surface area contributed by atoms with E-state index in [1.54, 1.807) is 27.8 Å². The van der Waals surface area contributed by atoms with Gasteiger partial charge in [-0.2, -0.15) is 0 Å². The number of rotatable bonds is 7. The summed E-state index contributed by atoms with van der Waals surface area (Å²) in [5.74, 6) is -1.32. The lowest BCUT2D eigenvalue weighted by Gasteiger charge is -2.40. The van der Waals surface area contributed by atoms with Crippen molar-refractivity contribution >= 4 is 17.2 Å². The van der Waals surface area contributed by atoms with Gasteiger partial charge in [0.1, 0.15) is 10.8 Å². The molecule has 180 valence electrons. The molecule has 1 aliphatic rings. The van der Waals surface area contributed by atoms with Crippen molar-refractivity contribution in [2.24, 2.45) is 0 Å². The maximum atomic E-state index is 13.2. The zero-order valence-electron chi connectivity index (χ0n) is 19.5. The highest BCUT2D eigenvalue weighted by Crippen LogP contribution is 2.33. The molecule has 3 aromatic rings. The van der Waals surface area contributed by atoms with Gasteiger partial charge in [-0.05, 0) is 45.4 Å². The van der Waals surface area contributed by atoms with Crippen LogP contribution in [-0.2, 0) is 11.2 Å². The summed E-state index contributed by atoms with van der Waals surface area (Å²) >= 11 is 1.22. The van der Waals surface area contributed by atoms with E-state index in [0.717, 1.165) is 5.56 Å². The zero-order valence-corrected chi connectivity index (χ0v) is 20.3. The normalized spacial score (nSPS) is 16.7. The topological polar surface area (TPSA) is 97.6 Å². The quantitative estimate of drug-likeness (QED) is 0.548. The average Bonchev–Trinajstić information content (AvgIpc) is 3.25. The molecule has 0 radical (unpaired) electrons. The summed E-state index contributed by atoms with van der Waals surface area (Å²) in [6.07, 6.45) is 1.74. The minimum absolute atomic E-state index is 0.0405. The first kappa shape index (κ1) is 24.0. The van der Waals surface area contributed by atoms with Gasteiger partial charge in [-0.15, -0.1) is 10.2 Å². The molecular formula is C24H27FN4O4S. The molecule has 4 rings (SSSR count). The van der Waals surface area contributed by atoms with E-state index in [9.17, 15) is 19.1 Å². The van der Waals surface area contributed by atoms with Crippen molar-refractivity contribution in [3.8, 4) is 16.3 Å². The SMILES string of the molecule is CCO[C@H](C)[C@H]1CN(C(C)C)C(=O)c2c(O)c(=O)c(-c3nnc(Cc4ccc(F)cc4)s3)cn21. The van der Waals surface area contributed by atoms with E-state index in [1.165, 1.54) is 23.5 Å². The molecule has 2 aromatic heterocycles. The number of nitrogens with zero attached hydrogens (tertiary/aromatic N) is 4. The average molecular weight is 487 g/mol. The maximum absolute atomic E-state index is 13.2. The van der Waals surface area contributed by atoms with Gasteiger partial charge in [0.05, 0.1) is 17.7 Å². The van der Waals surface area contributed by atoms with Gasteiger partial charge in [-0.25, -0.2) is 4.39 Å². The van der Waals surface area contributed by atoms with Crippen molar-refractivity contribution in [2.75, 3.05) is 13.2 Å². The third kappa shape index (κ3) is 4.47. The van der Waals surface area contributed by atoms with Crippen LogP contribution in [0.4, 0.5) is 4.39 Å². The van der Waals surface area contributed by atoms with E-state index < -0.39 is 17.1 Å². The number of ether oxygens (including phenoxy) is 1. The minimum Gasteiger partial charge on any atom is -0.503 e. The number of fused-ring (bicyclic) bond motifs is 1. The molecule has 1 aliphatic heterocycles. The molecule has 0 saturated heterocycles. The second-order valence-corrected chi connectivity index (χ2v) is 9.62. The summed E-state index contributed by atoms with van der Waals surface area (Å²) in [5.41, 5.74) is 0.321. The molecule has 0 unspecified atom stereocenters. The predicted octanol–water partition coefficient (Wildman–Crippen LogP) is 3.63. The smallest absolute Gasteiger partial charge is 0.274 e.